The molecule has 1 heterocycles. The minimum Gasteiger partial charge on any atom is -0.354 e. The Balaban J connectivity index is 1.82. The maximum atomic E-state index is 11.1. The third-order valence-electron chi connectivity index (χ3n) is 5.00. The van der Waals surface area contributed by atoms with Gasteiger partial charge < -0.3 is 10.2 Å². The first-order chi connectivity index (χ1) is 9.63. The van der Waals surface area contributed by atoms with Crippen LogP contribution in [0.25, 0.3) is 0 Å². The molecule has 1 aliphatic carbocycles. The van der Waals surface area contributed by atoms with Gasteiger partial charge in [-0.25, -0.2) is 0 Å². The molecule has 116 valence electrons. The van der Waals surface area contributed by atoms with Crippen molar-refractivity contribution in [3.63, 3.8) is 0 Å². The molecule has 0 spiro atoms. The molecule has 2 rings (SSSR count). The van der Waals surface area contributed by atoms with Crippen molar-refractivity contribution in [2.75, 3.05) is 25.0 Å². The van der Waals surface area contributed by atoms with Gasteiger partial charge in [0.25, 0.3) is 0 Å². The zero-order chi connectivity index (χ0) is 14.4. The Kier molecular flexibility index (Phi) is 6.34. The van der Waals surface area contributed by atoms with Crippen molar-refractivity contribution in [1.29, 1.82) is 0 Å². The van der Waals surface area contributed by atoms with Gasteiger partial charge in [0, 0.05) is 37.9 Å². The lowest BCUT2D eigenvalue weighted by Gasteiger charge is -2.40. The smallest absolute Gasteiger partial charge is 0.217 e. The summed E-state index contributed by atoms with van der Waals surface area (Å²) in [7, 11) is 0. The number of alkyl halides is 1. The Morgan fingerprint density at radius 2 is 1.80 bits per heavy atom. The summed E-state index contributed by atoms with van der Waals surface area (Å²) in [6.07, 6.45) is 10.6. The molecular formula is C16H29BrN2O. The Bertz CT molecular complexity index is 306. The zero-order valence-corrected chi connectivity index (χ0v) is 14.4. The Morgan fingerprint density at radius 3 is 2.30 bits per heavy atom. The van der Waals surface area contributed by atoms with Crippen LogP contribution in [0.15, 0.2) is 0 Å². The molecule has 0 aromatic carbocycles. The fourth-order valence-corrected chi connectivity index (χ4v) is 4.55. The lowest BCUT2D eigenvalue weighted by atomic mass is 9.81. The maximum absolute atomic E-state index is 11.1. The van der Waals surface area contributed by atoms with Crippen molar-refractivity contribution in [3.05, 3.63) is 0 Å². The van der Waals surface area contributed by atoms with E-state index in [4.69, 9.17) is 0 Å². The van der Waals surface area contributed by atoms with Crippen LogP contribution in [-0.2, 0) is 4.79 Å². The molecule has 0 aromatic heterocycles. The lowest BCUT2D eigenvalue weighted by Crippen LogP contribution is -2.47. The minimum atomic E-state index is 0.115. The van der Waals surface area contributed by atoms with Gasteiger partial charge in [-0.2, -0.15) is 0 Å². The van der Waals surface area contributed by atoms with Gasteiger partial charge in [-0.1, -0.05) is 41.6 Å². The van der Waals surface area contributed by atoms with Crippen molar-refractivity contribution in [3.8, 4) is 0 Å². The fourth-order valence-electron chi connectivity index (χ4n) is 3.81. The van der Waals surface area contributed by atoms with Crippen LogP contribution in [0.2, 0.25) is 0 Å². The number of piperidine rings is 1. The average molecular weight is 345 g/mol. The van der Waals surface area contributed by atoms with Crippen molar-refractivity contribution in [2.24, 2.45) is 5.41 Å². The molecule has 0 aromatic rings. The number of amides is 1. The molecule has 1 N–H and O–H groups in total. The fraction of sp³-hybridized carbons (Fsp3) is 0.938. The van der Waals surface area contributed by atoms with Gasteiger partial charge in [-0.3, -0.25) is 4.79 Å². The summed E-state index contributed by atoms with van der Waals surface area (Å²) in [5, 5.41) is 4.21. The Labute approximate surface area is 132 Å². The molecule has 2 aliphatic rings. The second-order valence-electron chi connectivity index (χ2n) is 6.80. The van der Waals surface area contributed by atoms with Gasteiger partial charge in [-0.05, 0) is 31.1 Å². The van der Waals surface area contributed by atoms with Gasteiger partial charge in [0.1, 0.15) is 0 Å². The highest BCUT2D eigenvalue weighted by Crippen LogP contribution is 2.38. The summed E-state index contributed by atoms with van der Waals surface area (Å²) in [4.78, 5) is 13.7. The number of nitrogens with one attached hydrogen (secondary N) is 1. The third kappa shape index (κ3) is 4.73. The van der Waals surface area contributed by atoms with Crippen molar-refractivity contribution in [2.45, 2.75) is 64.3 Å². The number of hydrogen-bond acceptors (Lipinski definition) is 2. The highest BCUT2D eigenvalue weighted by atomic mass is 79.9. The van der Waals surface area contributed by atoms with Crippen LogP contribution in [0.1, 0.15) is 58.3 Å². The molecule has 1 amide bonds. The SMILES string of the molecule is CC(=O)NC1CCN(CC2(CBr)CCCCCC2)CC1. The minimum absolute atomic E-state index is 0.115. The molecule has 0 atom stereocenters. The van der Waals surface area contributed by atoms with Gasteiger partial charge in [0.15, 0.2) is 0 Å². The largest absolute Gasteiger partial charge is 0.354 e. The van der Waals surface area contributed by atoms with Crippen LogP contribution in [-0.4, -0.2) is 41.8 Å². The molecule has 0 radical (unpaired) electrons. The summed E-state index contributed by atoms with van der Waals surface area (Å²) in [6.45, 7) is 5.14. The van der Waals surface area contributed by atoms with E-state index >= 15 is 0 Å². The van der Waals surface area contributed by atoms with Crippen LogP contribution in [0.3, 0.4) is 0 Å². The Morgan fingerprint density at radius 1 is 1.20 bits per heavy atom. The van der Waals surface area contributed by atoms with Crippen LogP contribution >= 0.6 is 15.9 Å². The number of nitrogens with zero attached hydrogens (tertiary/aromatic N) is 1. The van der Waals surface area contributed by atoms with E-state index in [0.29, 0.717) is 11.5 Å². The van der Waals surface area contributed by atoms with Gasteiger partial charge in [0.05, 0.1) is 0 Å². The first kappa shape index (κ1) is 16.3. The van der Waals surface area contributed by atoms with E-state index in [1.165, 1.54) is 45.1 Å². The topological polar surface area (TPSA) is 32.3 Å². The molecule has 3 nitrogen and oxygen atoms in total. The third-order valence-corrected chi connectivity index (χ3v) is 6.19. The zero-order valence-electron chi connectivity index (χ0n) is 12.8. The molecule has 2 fully saturated rings. The predicted octanol–water partition coefficient (Wildman–Crippen LogP) is 3.32. The number of rotatable bonds is 4. The summed E-state index contributed by atoms with van der Waals surface area (Å²) >= 11 is 3.79. The molecular weight excluding hydrogens is 316 g/mol. The quantitative estimate of drug-likeness (QED) is 0.626. The van der Waals surface area contributed by atoms with E-state index < -0.39 is 0 Å². The van der Waals surface area contributed by atoms with Crippen LogP contribution in [0, 0.1) is 5.41 Å². The molecule has 0 bridgehead atoms. The number of carbonyl (C=O) groups excluding carboxylic acids is 1. The predicted molar refractivity (Wildman–Crippen MR) is 87.2 cm³/mol. The first-order valence-electron chi connectivity index (χ1n) is 8.19. The van der Waals surface area contributed by atoms with Crippen LogP contribution in [0.4, 0.5) is 0 Å². The number of carbonyl (C=O) groups is 1. The Hall–Kier alpha value is -0.0900. The molecule has 4 heteroatoms. The van der Waals surface area contributed by atoms with Crippen LogP contribution < -0.4 is 5.32 Å². The summed E-state index contributed by atoms with van der Waals surface area (Å²) in [6, 6.07) is 0.401. The molecule has 0 unspecified atom stereocenters. The van der Waals surface area contributed by atoms with E-state index in [9.17, 15) is 4.79 Å². The van der Waals surface area contributed by atoms with E-state index in [0.717, 1.165) is 31.3 Å². The van der Waals surface area contributed by atoms with Crippen LogP contribution in [0.5, 0.6) is 0 Å². The highest BCUT2D eigenvalue weighted by Gasteiger charge is 2.33. The summed E-state index contributed by atoms with van der Waals surface area (Å²) < 4.78 is 0. The van der Waals surface area contributed by atoms with Crippen molar-refractivity contribution in [1.82, 2.24) is 10.2 Å². The average Bonchev–Trinajstić information content (AvgIpc) is 2.67. The number of halogens is 1. The van der Waals surface area contributed by atoms with Crippen molar-refractivity contribution >= 4 is 21.8 Å². The summed E-state index contributed by atoms with van der Waals surface area (Å²) in [5.74, 6) is 0.115. The molecule has 1 aliphatic heterocycles. The molecule has 1 saturated heterocycles. The second-order valence-corrected chi connectivity index (χ2v) is 7.36. The second kappa shape index (κ2) is 7.79. The normalized spacial score (nSPS) is 25.1. The number of hydrogen-bond donors (Lipinski definition) is 1. The van der Waals surface area contributed by atoms with E-state index in [1.807, 2.05) is 0 Å². The molecule has 20 heavy (non-hydrogen) atoms. The number of likely N-dealkylation sites (tertiary alicyclic amines) is 1. The standard InChI is InChI=1S/C16H29BrN2O/c1-14(20)18-15-6-10-19(11-7-15)13-16(12-17)8-4-2-3-5-9-16/h15H,2-13H2,1H3,(H,18,20). The van der Waals surface area contributed by atoms with Gasteiger partial charge >= 0.3 is 0 Å². The van der Waals surface area contributed by atoms with E-state index in [2.05, 4.69) is 26.1 Å². The van der Waals surface area contributed by atoms with Crippen molar-refractivity contribution < 1.29 is 4.79 Å². The molecule has 1 saturated carbocycles. The monoisotopic (exact) mass is 344 g/mol. The van der Waals surface area contributed by atoms with E-state index in [-0.39, 0.29) is 5.91 Å². The maximum Gasteiger partial charge on any atom is 0.217 e. The first-order valence-corrected chi connectivity index (χ1v) is 9.31. The van der Waals surface area contributed by atoms with Gasteiger partial charge in [-0.15, -0.1) is 0 Å². The highest BCUT2D eigenvalue weighted by molar-refractivity contribution is 9.09. The van der Waals surface area contributed by atoms with Gasteiger partial charge in [0.2, 0.25) is 5.91 Å². The lowest BCUT2D eigenvalue weighted by molar-refractivity contribution is -0.120. The summed E-state index contributed by atoms with van der Waals surface area (Å²) in [5.41, 5.74) is 0.497. The van der Waals surface area contributed by atoms with E-state index in [1.54, 1.807) is 6.92 Å².